The Morgan fingerprint density at radius 1 is 1.19 bits per heavy atom. The average Bonchev–Trinajstić information content (AvgIpc) is 2.31. The van der Waals surface area contributed by atoms with Crippen LogP contribution in [-0.2, 0) is 0 Å². The Morgan fingerprint density at radius 2 is 1.88 bits per heavy atom. The molecule has 0 aliphatic heterocycles. The van der Waals surface area contributed by atoms with Gasteiger partial charge in [0, 0.05) is 10.6 Å². The maximum absolute atomic E-state index is 5.84. The zero-order chi connectivity index (χ0) is 11.5. The molecule has 1 aromatic carbocycles. The number of hydrazine groups is 1. The summed E-state index contributed by atoms with van der Waals surface area (Å²) in [5.41, 5.74) is 5.35. The van der Waals surface area contributed by atoms with Crippen LogP contribution in [0, 0.1) is 6.92 Å². The summed E-state index contributed by atoms with van der Waals surface area (Å²) in [5, 5.41) is 8.62. The highest BCUT2D eigenvalue weighted by atomic mass is 35.5. The first-order valence-corrected chi connectivity index (χ1v) is 5.15. The molecule has 0 amide bonds. The SMILES string of the molecule is Cc1nnc(NN)cc1-c1ccc(Cl)cc1. The van der Waals surface area contributed by atoms with E-state index < -0.39 is 0 Å². The van der Waals surface area contributed by atoms with Crippen molar-refractivity contribution < 1.29 is 0 Å². The van der Waals surface area contributed by atoms with Crippen molar-refractivity contribution in [2.45, 2.75) is 6.92 Å². The van der Waals surface area contributed by atoms with E-state index in [0.29, 0.717) is 10.8 Å². The van der Waals surface area contributed by atoms with Crippen LogP contribution in [0.3, 0.4) is 0 Å². The molecule has 4 nitrogen and oxygen atoms in total. The number of hydrogen-bond acceptors (Lipinski definition) is 4. The standard InChI is InChI=1S/C11H11ClN4/c1-7-10(6-11(14-13)16-15-7)8-2-4-9(12)5-3-8/h2-6H,13H2,1H3,(H,14,16). The summed E-state index contributed by atoms with van der Waals surface area (Å²) in [7, 11) is 0. The number of halogens is 1. The fourth-order valence-electron chi connectivity index (χ4n) is 1.44. The highest BCUT2D eigenvalue weighted by Crippen LogP contribution is 2.24. The van der Waals surface area contributed by atoms with Gasteiger partial charge in [-0.1, -0.05) is 23.7 Å². The van der Waals surface area contributed by atoms with Gasteiger partial charge >= 0.3 is 0 Å². The molecule has 0 aliphatic carbocycles. The first kappa shape index (κ1) is 10.9. The first-order chi connectivity index (χ1) is 7.70. The monoisotopic (exact) mass is 234 g/mol. The smallest absolute Gasteiger partial charge is 0.163 e. The number of anilines is 1. The quantitative estimate of drug-likeness (QED) is 0.619. The molecule has 0 saturated carbocycles. The molecular formula is C11H11ClN4. The third-order valence-electron chi connectivity index (χ3n) is 2.28. The lowest BCUT2D eigenvalue weighted by molar-refractivity contribution is 0.978. The van der Waals surface area contributed by atoms with Gasteiger partial charge in [0.2, 0.25) is 0 Å². The van der Waals surface area contributed by atoms with Crippen LogP contribution in [-0.4, -0.2) is 10.2 Å². The maximum Gasteiger partial charge on any atom is 0.163 e. The second kappa shape index (κ2) is 4.47. The molecule has 82 valence electrons. The first-order valence-electron chi connectivity index (χ1n) is 4.77. The largest absolute Gasteiger partial charge is 0.307 e. The van der Waals surface area contributed by atoms with E-state index in [9.17, 15) is 0 Å². The molecular weight excluding hydrogens is 224 g/mol. The van der Waals surface area contributed by atoms with Crippen molar-refractivity contribution >= 4 is 17.4 Å². The third-order valence-corrected chi connectivity index (χ3v) is 2.53. The number of nitrogens with one attached hydrogen (secondary N) is 1. The second-order valence-electron chi connectivity index (χ2n) is 3.38. The Hall–Kier alpha value is -1.65. The summed E-state index contributed by atoms with van der Waals surface area (Å²) >= 11 is 5.84. The predicted molar refractivity (Wildman–Crippen MR) is 65.0 cm³/mol. The van der Waals surface area contributed by atoms with Crippen LogP contribution < -0.4 is 11.3 Å². The minimum absolute atomic E-state index is 0.538. The van der Waals surface area contributed by atoms with Gasteiger partial charge in [-0.15, -0.1) is 5.10 Å². The number of aryl methyl sites for hydroxylation is 1. The van der Waals surface area contributed by atoms with Crippen LogP contribution in [0.2, 0.25) is 5.02 Å². The molecule has 0 bridgehead atoms. The molecule has 3 N–H and O–H groups in total. The molecule has 2 aromatic rings. The van der Waals surface area contributed by atoms with Crippen molar-refractivity contribution in [1.29, 1.82) is 0 Å². The molecule has 0 spiro atoms. The molecule has 1 heterocycles. The molecule has 16 heavy (non-hydrogen) atoms. The van der Waals surface area contributed by atoms with E-state index in [0.717, 1.165) is 16.8 Å². The second-order valence-corrected chi connectivity index (χ2v) is 3.82. The Labute approximate surface area is 98.4 Å². The van der Waals surface area contributed by atoms with E-state index in [-0.39, 0.29) is 0 Å². The summed E-state index contributed by atoms with van der Waals surface area (Å²) in [4.78, 5) is 0. The minimum atomic E-state index is 0.538. The Bertz CT molecular complexity index is 496. The number of nitrogens with two attached hydrogens (primary N) is 1. The van der Waals surface area contributed by atoms with Crippen LogP contribution in [0.5, 0.6) is 0 Å². The van der Waals surface area contributed by atoms with Crippen LogP contribution in [0.15, 0.2) is 30.3 Å². The van der Waals surface area contributed by atoms with E-state index in [1.54, 1.807) is 0 Å². The highest BCUT2D eigenvalue weighted by molar-refractivity contribution is 6.30. The summed E-state index contributed by atoms with van der Waals surface area (Å²) in [5.74, 6) is 5.83. The number of nitrogens with zero attached hydrogens (tertiary/aromatic N) is 2. The number of aromatic nitrogens is 2. The van der Waals surface area contributed by atoms with Crippen molar-refractivity contribution in [2.24, 2.45) is 5.84 Å². The summed E-state index contributed by atoms with van der Waals surface area (Å²) in [6.07, 6.45) is 0. The molecule has 0 aliphatic rings. The average molecular weight is 235 g/mol. The topological polar surface area (TPSA) is 63.8 Å². The van der Waals surface area contributed by atoms with Crippen molar-refractivity contribution in [3.8, 4) is 11.1 Å². The van der Waals surface area contributed by atoms with Gasteiger partial charge in [-0.3, -0.25) is 0 Å². The molecule has 0 saturated heterocycles. The highest BCUT2D eigenvalue weighted by Gasteiger charge is 2.05. The van der Waals surface area contributed by atoms with E-state index in [1.165, 1.54) is 0 Å². The lowest BCUT2D eigenvalue weighted by atomic mass is 10.1. The number of hydrogen-bond donors (Lipinski definition) is 2. The Morgan fingerprint density at radius 3 is 2.50 bits per heavy atom. The van der Waals surface area contributed by atoms with Crippen LogP contribution in [0.1, 0.15) is 5.69 Å². The van der Waals surface area contributed by atoms with E-state index in [4.69, 9.17) is 17.4 Å². The van der Waals surface area contributed by atoms with Crippen LogP contribution in [0.25, 0.3) is 11.1 Å². The molecule has 2 rings (SSSR count). The van der Waals surface area contributed by atoms with Crippen LogP contribution in [0.4, 0.5) is 5.82 Å². The molecule has 1 aromatic heterocycles. The third kappa shape index (κ3) is 2.13. The molecule has 0 unspecified atom stereocenters. The van der Waals surface area contributed by atoms with Crippen molar-refractivity contribution in [3.63, 3.8) is 0 Å². The zero-order valence-electron chi connectivity index (χ0n) is 8.74. The predicted octanol–water partition coefficient (Wildman–Crippen LogP) is 2.39. The van der Waals surface area contributed by atoms with Crippen molar-refractivity contribution in [3.05, 3.63) is 41.0 Å². The van der Waals surface area contributed by atoms with Gasteiger partial charge < -0.3 is 5.43 Å². The summed E-state index contributed by atoms with van der Waals surface area (Å²) in [6.45, 7) is 1.90. The minimum Gasteiger partial charge on any atom is -0.307 e. The normalized spacial score (nSPS) is 10.2. The van der Waals surface area contributed by atoms with Crippen molar-refractivity contribution in [2.75, 3.05) is 5.43 Å². The van der Waals surface area contributed by atoms with Gasteiger partial charge in [-0.05, 0) is 30.7 Å². The van der Waals surface area contributed by atoms with E-state index >= 15 is 0 Å². The zero-order valence-corrected chi connectivity index (χ0v) is 9.49. The Kier molecular flexibility index (Phi) is 3.03. The summed E-state index contributed by atoms with van der Waals surface area (Å²) in [6, 6.07) is 9.41. The fourth-order valence-corrected chi connectivity index (χ4v) is 1.57. The maximum atomic E-state index is 5.84. The van der Waals surface area contributed by atoms with Gasteiger partial charge in [0.25, 0.3) is 0 Å². The number of rotatable bonds is 2. The van der Waals surface area contributed by atoms with Gasteiger partial charge in [0.1, 0.15) is 0 Å². The van der Waals surface area contributed by atoms with Gasteiger partial charge in [-0.2, -0.15) is 5.10 Å². The summed E-state index contributed by atoms with van der Waals surface area (Å²) < 4.78 is 0. The fraction of sp³-hybridized carbons (Fsp3) is 0.0909. The molecule has 0 atom stereocenters. The number of benzene rings is 1. The number of nitrogen functional groups attached to an aromatic ring is 1. The van der Waals surface area contributed by atoms with Crippen LogP contribution >= 0.6 is 11.6 Å². The van der Waals surface area contributed by atoms with Gasteiger partial charge in [0.05, 0.1) is 5.69 Å². The lowest BCUT2D eigenvalue weighted by Gasteiger charge is -2.06. The Balaban J connectivity index is 2.50. The molecule has 0 radical (unpaired) electrons. The van der Waals surface area contributed by atoms with Gasteiger partial charge in [-0.25, -0.2) is 5.84 Å². The van der Waals surface area contributed by atoms with Gasteiger partial charge in [0.15, 0.2) is 5.82 Å². The molecule has 5 heteroatoms. The van der Waals surface area contributed by atoms with Crippen molar-refractivity contribution in [1.82, 2.24) is 10.2 Å². The lowest BCUT2D eigenvalue weighted by Crippen LogP contribution is -2.09. The molecule has 0 fully saturated rings. The van der Waals surface area contributed by atoms with E-state index in [2.05, 4.69) is 15.6 Å². The van der Waals surface area contributed by atoms with E-state index in [1.807, 2.05) is 37.3 Å².